The average Bonchev–Trinajstić information content (AvgIpc) is 4.14. The normalized spacial score (nSPS) is 20.7. The van der Waals surface area contributed by atoms with E-state index in [1.165, 1.54) is 71.7 Å². The van der Waals surface area contributed by atoms with E-state index < -0.39 is 25.9 Å². The monoisotopic (exact) mass is 926 g/mol. The highest BCUT2D eigenvalue weighted by atomic mass is 32.2. The third-order valence-electron chi connectivity index (χ3n) is 13.0. The lowest BCUT2D eigenvalue weighted by molar-refractivity contribution is -0.0590. The number of nitrogens with one attached hydrogen (secondary N) is 1. The molecular weight excluding hydrogens is 880 g/mol. The number of benzene rings is 4. The van der Waals surface area contributed by atoms with E-state index in [9.17, 15) is 21.2 Å². The Balaban J connectivity index is 0.000000124. The molecule has 2 fully saturated rings. The summed E-state index contributed by atoms with van der Waals surface area (Å²) in [6, 6.07) is 26.7. The minimum atomic E-state index is -3.61. The molecule has 63 heavy (non-hydrogen) atoms. The number of anilines is 3. The van der Waals surface area contributed by atoms with E-state index in [4.69, 9.17) is 9.47 Å². The molecule has 12 rings (SSSR count). The first kappa shape index (κ1) is 42.2. The molecule has 0 bridgehead atoms. The van der Waals surface area contributed by atoms with Gasteiger partial charge in [-0.2, -0.15) is 0 Å². The Morgan fingerprint density at radius 2 is 1.11 bits per heavy atom. The first-order valence-corrected chi connectivity index (χ1v) is 25.9. The zero-order chi connectivity index (χ0) is 43.2. The number of fused-ring (bicyclic) bond motifs is 6. The van der Waals surface area contributed by atoms with Crippen LogP contribution in [-0.2, 0) is 66.8 Å². The van der Waals surface area contributed by atoms with Gasteiger partial charge in [-0.3, -0.25) is 0 Å². The lowest BCUT2D eigenvalue weighted by atomic mass is 9.83. The summed E-state index contributed by atoms with van der Waals surface area (Å²) >= 11 is 2.62. The summed E-state index contributed by atoms with van der Waals surface area (Å²) in [6.45, 7) is 6.17. The number of ether oxygens (including phenoxy) is 2. The summed E-state index contributed by atoms with van der Waals surface area (Å²) < 4.78 is 79.1. The number of hydrogen-bond acceptors (Lipinski definition) is 12. The Labute approximate surface area is 375 Å². The van der Waals surface area contributed by atoms with Crippen molar-refractivity contribution in [2.45, 2.75) is 72.7 Å². The molecule has 1 N–H and O–H groups in total. The van der Waals surface area contributed by atoms with Crippen molar-refractivity contribution in [3.05, 3.63) is 147 Å². The quantitative estimate of drug-likeness (QED) is 0.188. The summed E-state index contributed by atoms with van der Waals surface area (Å²) in [4.78, 5) is 11.1. The third-order valence-corrected chi connectivity index (χ3v) is 18.6. The maximum absolute atomic E-state index is 13.1. The molecule has 0 unspecified atom stereocenters. The average molecular weight is 927 g/mol. The van der Waals surface area contributed by atoms with Gasteiger partial charge in [0.25, 0.3) is 20.0 Å². The van der Waals surface area contributed by atoms with Crippen molar-refractivity contribution in [3.8, 4) is 0 Å². The Hall–Kier alpha value is -4.75. The largest absolute Gasteiger partial charge is 0.371 e. The van der Waals surface area contributed by atoms with Crippen LogP contribution in [0.3, 0.4) is 0 Å². The van der Waals surface area contributed by atoms with Crippen molar-refractivity contribution in [3.63, 3.8) is 0 Å². The third kappa shape index (κ3) is 7.85. The van der Waals surface area contributed by atoms with Gasteiger partial charge in [-0.1, -0.05) is 48.5 Å². The standard InChI is InChI=1S/C23H23N3O3S2.C12H15NO.C11H9FN2O2S2/c27-31(28)21-6-5-19(15-17(21)7-11-26(31)22-24-10-14-30-22)25-12-8-23(9-13-25)20-4-2-1-3-18(20)16-29-23;1-2-4-11-10(3-1)9-14-12(11)5-7-13-8-6-12;12-9-1-2-10-8(7-9)3-5-14(18(10,15)16)11-13-4-6-17-11/h1-6,10,14-15H,7-9,11-13,16H2;1-4,13H,5-9H2;1-2,4,6-7H,3,5H2. The molecule has 2 saturated heterocycles. The van der Waals surface area contributed by atoms with Crippen molar-refractivity contribution in [1.82, 2.24) is 15.3 Å². The van der Waals surface area contributed by atoms with Gasteiger partial charge in [0.15, 0.2) is 10.3 Å². The number of hydrogen-bond donors (Lipinski definition) is 1. The van der Waals surface area contributed by atoms with E-state index in [-0.39, 0.29) is 16.1 Å². The van der Waals surface area contributed by atoms with E-state index in [0.717, 1.165) is 69.7 Å². The predicted octanol–water partition coefficient (Wildman–Crippen LogP) is 7.75. The second-order valence-corrected chi connectivity index (χ2v) is 21.9. The van der Waals surface area contributed by atoms with E-state index >= 15 is 0 Å². The van der Waals surface area contributed by atoms with E-state index in [2.05, 4.69) is 74.8 Å². The molecule has 17 heteroatoms. The summed E-state index contributed by atoms with van der Waals surface area (Å²) in [5, 5.41) is 7.90. The zero-order valence-corrected chi connectivity index (χ0v) is 37.8. The van der Waals surface area contributed by atoms with Crippen LogP contribution in [0.4, 0.5) is 20.3 Å². The Kier molecular flexibility index (Phi) is 11.4. The topological polar surface area (TPSA) is 134 Å². The molecular formula is C46H47FN6O6S4. The lowest BCUT2D eigenvalue weighted by Crippen LogP contribution is -2.42. The number of thiazole rings is 2. The molecule has 4 aromatic carbocycles. The first-order valence-electron chi connectivity index (χ1n) is 21.2. The van der Waals surface area contributed by atoms with Crippen molar-refractivity contribution in [2.24, 2.45) is 0 Å². The smallest absolute Gasteiger partial charge is 0.266 e. The van der Waals surface area contributed by atoms with Crippen LogP contribution in [-0.4, -0.2) is 66.1 Å². The molecule has 8 heterocycles. The van der Waals surface area contributed by atoms with Gasteiger partial charge < -0.3 is 19.7 Å². The van der Waals surface area contributed by atoms with Gasteiger partial charge in [-0.25, -0.2) is 39.8 Å². The summed E-state index contributed by atoms with van der Waals surface area (Å²) in [6.07, 6.45) is 8.50. The molecule has 0 saturated carbocycles. The first-order chi connectivity index (χ1) is 30.6. The van der Waals surface area contributed by atoms with Gasteiger partial charge in [-0.05, 0) is 121 Å². The van der Waals surface area contributed by atoms with E-state index in [0.29, 0.717) is 53.3 Å². The number of aromatic nitrogens is 2. The Bertz CT molecular complexity index is 2820. The van der Waals surface area contributed by atoms with E-state index in [1.807, 2.05) is 6.07 Å². The number of nitrogens with zero attached hydrogens (tertiary/aromatic N) is 5. The highest BCUT2D eigenvalue weighted by Gasteiger charge is 2.43. The minimum absolute atomic E-state index is 0.0435. The predicted molar refractivity (Wildman–Crippen MR) is 243 cm³/mol. The van der Waals surface area contributed by atoms with Crippen LogP contribution in [0.1, 0.15) is 59.1 Å². The molecule has 2 spiro atoms. The highest BCUT2D eigenvalue weighted by molar-refractivity contribution is 7.93. The van der Waals surface area contributed by atoms with Gasteiger partial charge in [0, 0.05) is 55.0 Å². The SMILES string of the molecule is O=S1(=O)c2ccc(F)cc2CCN1c1nccs1.O=S1(=O)c2ccc(N3CCC4(CC3)OCc3ccccc34)cc2CCN1c1nccs1.c1ccc2c(c1)COC21CCNCC1. The summed E-state index contributed by atoms with van der Waals surface area (Å²) in [5.41, 5.74) is 7.86. The minimum Gasteiger partial charge on any atom is -0.371 e. The molecule has 0 aliphatic carbocycles. The van der Waals surface area contributed by atoms with Crippen LogP contribution in [0.2, 0.25) is 0 Å². The van der Waals surface area contributed by atoms with Crippen LogP contribution in [0, 0.1) is 5.82 Å². The van der Waals surface area contributed by atoms with Gasteiger partial charge >= 0.3 is 0 Å². The second kappa shape index (κ2) is 17.0. The second-order valence-electron chi connectivity index (χ2n) is 16.4. The van der Waals surface area contributed by atoms with Crippen molar-refractivity contribution >= 4 is 58.7 Å². The number of halogens is 1. The van der Waals surface area contributed by atoms with Crippen molar-refractivity contribution in [1.29, 1.82) is 0 Å². The van der Waals surface area contributed by atoms with Crippen LogP contribution >= 0.6 is 22.7 Å². The van der Waals surface area contributed by atoms with Gasteiger partial charge in [0.1, 0.15) is 5.82 Å². The van der Waals surface area contributed by atoms with Gasteiger partial charge in [0.05, 0.1) is 34.2 Å². The lowest BCUT2D eigenvalue weighted by Gasteiger charge is -2.40. The molecule has 0 amide bonds. The van der Waals surface area contributed by atoms with Crippen LogP contribution < -0.4 is 18.8 Å². The van der Waals surface area contributed by atoms with Gasteiger partial charge in [-0.15, -0.1) is 22.7 Å². The molecule has 2 aromatic heterocycles. The maximum atomic E-state index is 13.1. The molecule has 12 nitrogen and oxygen atoms in total. The Morgan fingerprint density at radius 3 is 1.65 bits per heavy atom. The highest BCUT2D eigenvalue weighted by Crippen LogP contribution is 2.46. The fourth-order valence-corrected chi connectivity index (χ4v) is 14.9. The zero-order valence-electron chi connectivity index (χ0n) is 34.5. The van der Waals surface area contributed by atoms with E-state index in [1.54, 1.807) is 29.2 Å². The Morgan fingerprint density at radius 1 is 0.603 bits per heavy atom. The fourth-order valence-electron chi connectivity index (χ4n) is 9.75. The van der Waals surface area contributed by atoms with Crippen molar-refractivity contribution in [2.75, 3.05) is 52.8 Å². The molecule has 6 aromatic rings. The van der Waals surface area contributed by atoms with Crippen molar-refractivity contribution < 1.29 is 30.7 Å². The molecule has 0 radical (unpaired) electrons. The number of sulfonamides is 2. The molecule has 6 aliphatic heterocycles. The van der Waals surface area contributed by atoms with Crippen LogP contribution in [0.25, 0.3) is 0 Å². The summed E-state index contributed by atoms with van der Waals surface area (Å²) in [5.74, 6) is -0.411. The number of piperidine rings is 2. The molecule has 0 atom stereocenters. The maximum Gasteiger partial charge on any atom is 0.266 e. The van der Waals surface area contributed by atoms with Crippen LogP contribution in [0.15, 0.2) is 118 Å². The molecule has 6 aliphatic rings. The molecule has 328 valence electrons. The van der Waals surface area contributed by atoms with Crippen LogP contribution in [0.5, 0.6) is 0 Å². The summed E-state index contributed by atoms with van der Waals surface area (Å²) in [7, 11) is -7.17. The fraction of sp³-hybridized carbons (Fsp3) is 0.348. The number of rotatable bonds is 3. The van der Waals surface area contributed by atoms with Gasteiger partial charge in [0.2, 0.25) is 0 Å².